The van der Waals surface area contributed by atoms with Gasteiger partial charge < -0.3 is 0 Å². The zero-order valence-electron chi connectivity index (χ0n) is 18.1. The van der Waals surface area contributed by atoms with Gasteiger partial charge in [0.15, 0.2) is 10.9 Å². The molecule has 3 aromatic rings. The second-order valence-corrected chi connectivity index (χ2v) is 11.9. The zero-order valence-corrected chi connectivity index (χ0v) is 21.3. The van der Waals surface area contributed by atoms with E-state index < -0.39 is 0 Å². The molecule has 0 saturated heterocycles. The van der Waals surface area contributed by atoms with Crippen LogP contribution in [0.3, 0.4) is 0 Å². The Kier molecular flexibility index (Phi) is 6.86. The van der Waals surface area contributed by atoms with E-state index in [1.807, 2.05) is 28.8 Å². The molecular weight excluding hydrogens is 504 g/mol. The molecule has 0 spiro atoms. The van der Waals surface area contributed by atoms with Crippen molar-refractivity contribution in [3.8, 4) is 0 Å². The third kappa shape index (κ3) is 4.62. The molecule has 0 unspecified atom stereocenters. The van der Waals surface area contributed by atoms with Crippen LogP contribution in [0.2, 0.25) is 0 Å². The summed E-state index contributed by atoms with van der Waals surface area (Å²) in [6.45, 7) is 0.723. The number of carbonyl (C=O) groups is 1. The lowest BCUT2D eigenvalue weighted by Gasteiger charge is -2.23. The minimum Gasteiger partial charge on any atom is -0.293 e. The van der Waals surface area contributed by atoms with Gasteiger partial charge in [0, 0.05) is 21.5 Å². The minimum atomic E-state index is 0.0616. The van der Waals surface area contributed by atoms with Crippen molar-refractivity contribution in [3.05, 3.63) is 55.1 Å². The van der Waals surface area contributed by atoms with Gasteiger partial charge in [-0.3, -0.25) is 14.2 Å². The molecule has 4 nitrogen and oxygen atoms in total. The number of hydrogen-bond acceptors (Lipinski definition) is 5. The van der Waals surface area contributed by atoms with E-state index in [2.05, 4.69) is 15.9 Å². The van der Waals surface area contributed by atoms with Crippen LogP contribution in [0.4, 0.5) is 0 Å². The second kappa shape index (κ2) is 9.82. The van der Waals surface area contributed by atoms with Crippen molar-refractivity contribution >= 4 is 55.0 Å². The van der Waals surface area contributed by atoms with Crippen LogP contribution in [0.15, 0.2) is 38.7 Å². The Morgan fingerprint density at radius 2 is 1.84 bits per heavy atom. The van der Waals surface area contributed by atoms with Crippen molar-refractivity contribution < 1.29 is 4.79 Å². The standard InChI is InChI=1S/C25H27BrN2O2S2/c26-18-12-10-17(11-13-18)20(29)15-31-25-27-23-22(19-8-4-5-9-21(19)32-23)24(30)28(25)14-16-6-2-1-3-7-16/h10-13,16H,1-9,14-15H2. The van der Waals surface area contributed by atoms with E-state index in [1.165, 1.54) is 60.7 Å². The summed E-state index contributed by atoms with van der Waals surface area (Å²) in [7, 11) is 0. The molecule has 0 aliphatic heterocycles. The fourth-order valence-corrected chi connectivity index (χ4v) is 7.44. The topological polar surface area (TPSA) is 52.0 Å². The van der Waals surface area contributed by atoms with Crippen LogP contribution in [0.25, 0.3) is 10.2 Å². The summed E-state index contributed by atoms with van der Waals surface area (Å²) in [6, 6.07) is 7.45. The van der Waals surface area contributed by atoms with Crippen LogP contribution >= 0.6 is 39.0 Å². The van der Waals surface area contributed by atoms with Gasteiger partial charge in [-0.15, -0.1) is 11.3 Å². The molecule has 0 bridgehead atoms. The van der Waals surface area contributed by atoms with Crippen LogP contribution in [0, 0.1) is 5.92 Å². The lowest BCUT2D eigenvalue weighted by atomic mass is 9.89. The van der Waals surface area contributed by atoms with E-state index in [0.29, 0.717) is 16.6 Å². The minimum absolute atomic E-state index is 0.0616. The van der Waals surface area contributed by atoms with Crippen molar-refractivity contribution in [2.45, 2.75) is 69.5 Å². The average molecular weight is 532 g/mol. The lowest BCUT2D eigenvalue weighted by molar-refractivity contribution is 0.102. The van der Waals surface area contributed by atoms with Crippen molar-refractivity contribution in [2.24, 2.45) is 5.92 Å². The number of benzene rings is 1. The molecule has 5 rings (SSSR count). The van der Waals surface area contributed by atoms with Gasteiger partial charge in [-0.2, -0.15) is 0 Å². The Balaban J connectivity index is 1.49. The molecule has 0 atom stereocenters. The summed E-state index contributed by atoms with van der Waals surface area (Å²) in [5.41, 5.74) is 2.04. The number of ketones is 1. The van der Waals surface area contributed by atoms with Crippen molar-refractivity contribution in [3.63, 3.8) is 0 Å². The third-order valence-corrected chi connectivity index (χ3v) is 9.39. The van der Waals surface area contributed by atoms with E-state index in [0.717, 1.165) is 40.5 Å². The molecule has 2 aliphatic carbocycles. The number of aryl methyl sites for hydroxylation is 2. The first-order chi connectivity index (χ1) is 15.6. The molecule has 0 amide bonds. The molecule has 0 N–H and O–H groups in total. The van der Waals surface area contributed by atoms with Crippen molar-refractivity contribution in [1.29, 1.82) is 0 Å². The van der Waals surface area contributed by atoms with E-state index in [4.69, 9.17) is 4.98 Å². The number of carbonyl (C=O) groups excluding carboxylic acids is 1. The van der Waals surface area contributed by atoms with Crippen LogP contribution in [-0.2, 0) is 19.4 Å². The largest absolute Gasteiger partial charge is 0.293 e. The Hall–Kier alpha value is -1.44. The van der Waals surface area contributed by atoms with E-state index >= 15 is 0 Å². The summed E-state index contributed by atoms with van der Waals surface area (Å²) < 4.78 is 2.86. The SMILES string of the molecule is O=C(CSc1nc2sc3c(c2c(=O)n1CC1CCCCC1)CCCC3)c1ccc(Br)cc1. The van der Waals surface area contributed by atoms with Gasteiger partial charge in [0.1, 0.15) is 4.83 Å². The highest BCUT2D eigenvalue weighted by Crippen LogP contribution is 2.35. The van der Waals surface area contributed by atoms with Gasteiger partial charge in [0.05, 0.1) is 11.1 Å². The molecule has 1 fully saturated rings. The fraction of sp³-hybridized carbons (Fsp3) is 0.480. The van der Waals surface area contributed by atoms with Crippen molar-refractivity contribution in [1.82, 2.24) is 9.55 Å². The first-order valence-corrected chi connectivity index (χ1v) is 14.2. The lowest BCUT2D eigenvalue weighted by Crippen LogP contribution is -2.28. The molecular formula is C25H27BrN2O2S2. The Morgan fingerprint density at radius 3 is 2.62 bits per heavy atom. The number of rotatable bonds is 6. The van der Waals surface area contributed by atoms with Crippen LogP contribution in [0.1, 0.15) is 65.7 Å². The number of Topliss-reactive ketones (excluding diaryl/α,β-unsaturated/α-hetero) is 1. The highest BCUT2D eigenvalue weighted by atomic mass is 79.9. The number of fused-ring (bicyclic) bond motifs is 3. The first-order valence-electron chi connectivity index (χ1n) is 11.6. The molecule has 1 aromatic carbocycles. The number of thioether (sulfide) groups is 1. The average Bonchev–Trinajstić information content (AvgIpc) is 3.19. The first kappa shape index (κ1) is 22.4. The summed E-state index contributed by atoms with van der Waals surface area (Å²) in [4.78, 5) is 33.7. The smallest absolute Gasteiger partial charge is 0.263 e. The normalized spacial score (nSPS) is 16.9. The number of halogens is 1. The van der Waals surface area contributed by atoms with Gasteiger partial charge in [0.2, 0.25) is 0 Å². The molecule has 2 heterocycles. The third-order valence-electron chi connectivity index (χ3n) is 6.70. The maximum Gasteiger partial charge on any atom is 0.263 e. The Bertz CT molecular complexity index is 1190. The van der Waals surface area contributed by atoms with Gasteiger partial charge in [-0.1, -0.05) is 59.1 Å². The van der Waals surface area contributed by atoms with Gasteiger partial charge in [0.25, 0.3) is 5.56 Å². The predicted molar refractivity (Wildman–Crippen MR) is 136 cm³/mol. The van der Waals surface area contributed by atoms with Crippen molar-refractivity contribution in [2.75, 3.05) is 5.75 Å². The molecule has 7 heteroatoms. The summed E-state index contributed by atoms with van der Waals surface area (Å²) >= 11 is 6.52. The number of thiophene rings is 1. The zero-order chi connectivity index (χ0) is 22.1. The summed E-state index contributed by atoms with van der Waals surface area (Å²) in [6.07, 6.45) is 10.5. The molecule has 1 saturated carbocycles. The highest BCUT2D eigenvalue weighted by Gasteiger charge is 2.24. The fourth-order valence-electron chi connectivity index (χ4n) is 4.97. The van der Waals surface area contributed by atoms with Crippen LogP contribution in [0.5, 0.6) is 0 Å². The Labute approximate surface area is 205 Å². The predicted octanol–water partition coefficient (Wildman–Crippen LogP) is 6.65. The monoisotopic (exact) mass is 530 g/mol. The van der Waals surface area contributed by atoms with Crippen LogP contribution in [-0.4, -0.2) is 21.1 Å². The molecule has 2 aliphatic rings. The molecule has 168 valence electrons. The quantitative estimate of drug-likeness (QED) is 0.203. The van der Waals surface area contributed by atoms with Gasteiger partial charge >= 0.3 is 0 Å². The van der Waals surface area contributed by atoms with E-state index in [9.17, 15) is 9.59 Å². The van der Waals surface area contributed by atoms with E-state index in [-0.39, 0.29) is 17.1 Å². The summed E-state index contributed by atoms with van der Waals surface area (Å²) in [5, 5.41) is 1.56. The van der Waals surface area contributed by atoms with E-state index in [1.54, 1.807) is 11.3 Å². The highest BCUT2D eigenvalue weighted by molar-refractivity contribution is 9.10. The number of nitrogens with zero attached hydrogens (tertiary/aromatic N) is 2. The molecule has 0 radical (unpaired) electrons. The molecule has 2 aromatic heterocycles. The number of hydrogen-bond donors (Lipinski definition) is 0. The maximum atomic E-state index is 13.7. The van der Waals surface area contributed by atoms with Gasteiger partial charge in [-0.25, -0.2) is 4.98 Å². The second-order valence-electron chi connectivity index (χ2n) is 8.92. The van der Waals surface area contributed by atoms with Crippen LogP contribution < -0.4 is 5.56 Å². The maximum absolute atomic E-state index is 13.7. The Morgan fingerprint density at radius 1 is 1.09 bits per heavy atom. The number of aromatic nitrogens is 2. The molecule has 32 heavy (non-hydrogen) atoms. The summed E-state index contributed by atoms with van der Waals surface area (Å²) in [5.74, 6) is 0.873. The van der Waals surface area contributed by atoms with Gasteiger partial charge in [-0.05, 0) is 62.1 Å².